The Bertz CT molecular complexity index is 442. The minimum absolute atomic E-state index is 0.272. The molecule has 1 unspecified atom stereocenters. The Balaban J connectivity index is 2.72. The predicted molar refractivity (Wildman–Crippen MR) is 68.5 cm³/mol. The van der Waals surface area contributed by atoms with Gasteiger partial charge in [0, 0.05) is 19.1 Å². The Hall–Kier alpha value is -0.950. The van der Waals surface area contributed by atoms with E-state index in [0.717, 1.165) is 11.1 Å². The summed E-state index contributed by atoms with van der Waals surface area (Å²) in [7, 11) is -3.42. The zero-order chi connectivity index (χ0) is 12.9. The van der Waals surface area contributed by atoms with Crippen molar-refractivity contribution in [2.45, 2.75) is 26.4 Å². The summed E-state index contributed by atoms with van der Waals surface area (Å²) in [6.45, 7) is 4.39. The van der Waals surface area contributed by atoms with Gasteiger partial charge in [-0.3, -0.25) is 0 Å². The smallest absolute Gasteiger partial charge is 0.277 e. The maximum absolute atomic E-state index is 11.5. The van der Waals surface area contributed by atoms with Crippen LogP contribution in [0.2, 0.25) is 0 Å². The Labute approximate surface area is 103 Å². The van der Waals surface area contributed by atoms with Gasteiger partial charge in [0.1, 0.15) is 0 Å². The fraction of sp³-hybridized carbons (Fsp3) is 0.455. The van der Waals surface area contributed by atoms with E-state index in [2.05, 4.69) is 9.44 Å². The van der Waals surface area contributed by atoms with Crippen LogP contribution in [0.25, 0.3) is 0 Å². The lowest BCUT2D eigenvalue weighted by Gasteiger charge is -2.14. The number of nitrogens with one attached hydrogen (secondary N) is 2. The third-order valence-corrected chi connectivity index (χ3v) is 3.71. The van der Waals surface area contributed by atoms with Gasteiger partial charge in [0.2, 0.25) is 0 Å². The van der Waals surface area contributed by atoms with Crippen LogP contribution in [0, 0.1) is 0 Å². The van der Waals surface area contributed by atoms with Crippen molar-refractivity contribution in [2.24, 2.45) is 5.73 Å². The van der Waals surface area contributed by atoms with Crippen molar-refractivity contribution in [1.82, 2.24) is 9.44 Å². The van der Waals surface area contributed by atoms with Crippen molar-refractivity contribution in [3.63, 3.8) is 0 Å². The second kappa shape index (κ2) is 6.11. The van der Waals surface area contributed by atoms with Gasteiger partial charge in [-0.05, 0) is 18.1 Å². The van der Waals surface area contributed by atoms with E-state index in [0.29, 0.717) is 13.1 Å². The van der Waals surface area contributed by atoms with Gasteiger partial charge >= 0.3 is 0 Å². The zero-order valence-electron chi connectivity index (χ0n) is 10.1. The molecule has 6 heteroatoms. The third-order valence-electron chi connectivity index (χ3n) is 2.38. The summed E-state index contributed by atoms with van der Waals surface area (Å²) in [5.74, 6) is 0. The van der Waals surface area contributed by atoms with Gasteiger partial charge < -0.3 is 5.73 Å². The van der Waals surface area contributed by atoms with Gasteiger partial charge in [-0.25, -0.2) is 4.72 Å². The Morgan fingerprint density at radius 2 is 1.88 bits per heavy atom. The molecule has 4 N–H and O–H groups in total. The van der Waals surface area contributed by atoms with Gasteiger partial charge in [-0.15, -0.1) is 0 Å². The van der Waals surface area contributed by atoms with Crippen LogP contribution in [0.1, 0.15) is 31.0 Å². The summed E-state index contributed by atoms with van der Waals surface area (Å²) in [6.07, 6.45) is 0. The van der Waals surface area contributed by atoms with Crippen molar-refractivity contribution in [3.8, 4) is 0 Å². The molecule has 0 radical (unpaired) electrons. The molecule has 1 rings (SSSR count). The van der Waals surface area contributed by atoms with Crippen molar-refractivity contribution in [1.29, 1.82) is 0 Å². The first-order valence-corrected chi connectivity index (χ1v) is 7.02. The molecule has 0 aromatic heterocycles. The van der Waals surface area contributed by atoms with Gasteiger partial charge in [0.15, 0.2) is 0 Å². The van der Waals surface area contributed by atoms with Crippen molar-refractivity contribution >= 4 is 10.2 Å². The zero-order valence-corrected chi connectivity index (χ0v) is 10.9. The van der Waals surface area contributed by atoms with Gasteiger partial charge in [-0.2, -0.15) is 13.1 Å². The lowest BCUT2D eigenvalue weighted by atomic mass is 10.1. The first kappa shape index (κ1) is 14.1. The molecule has 96 valence electrons. The maximum atomic E-state index is 11.5. The van der Waals surface area contributed by atoms with E-state index < -0.39 is 10.2 Å². The van der Waals surface area contributed by atoms with E-state index in [9.17, 15) is 8.42 Å². The second-order valence-electron chi connectivity index (χ2n) is 3.79. The van der Waals surface area contributed by atoms with Crippen molar-refractivity contribution < 1.29 is 8.42 Å². The van der Waals surface area contributed by atoms with E-state index in [4.69, 9.17) is 5.73 Å². The lowest BCUT2D eigenvalue weighted by Crippen LogP contribution is -2.37. The van der Waals surface area contributed by atoms with Crippen molar-refractivity contribution in [2.75, 3.05) is 6.54 Å². The summed E-state index contributed by atoms with van der Waals surface area (Å²) >= 11 is 0. The molecule has 5 nitrogen and oxygen atoms in total. The highest BCUT2D eigenvalue weighted by Gasteiger charge is 2.13. The lowest BCUT2D eigenvalue weighted by molar-refractivity contribution is 0.554. The fourth-order valence-corrected chi connectivity index (χ4v) is 2.54. The molecule has 0 spiro atoms. The molecule has 0 saturated heterocycles. The minimum atomic E-state index is -3.42. The van der Waals surface area contributed by atoms with Gasteiger partial charge in [0.05, 0.1) is 0 Å². The first-order valence-electron chi connectivity index (χ1n) is 5.54. The average molecular weight is 257 g/mol. The van der Waals surface area contributed by atoms with Gasteiger partial charge in [-0.1, -0.05) is 31.2 Å². The Morgan fingerprint density at radius 1 is 1.29 bits per heavy atom. The molecule has 0 saturated carbocycles. The molecular formula is C11H19N3O2S. The summed E-state index contributed by atoms with van der Waals surface area (Å²) in [5, 5.41) is 0. The molecule has 0 aliphatic heterocycles. The molecule has 0 aliphatic carbocycles. The summed E-state index contributed by atoms with van der Waals surface area (Å²) in [4.78, 5) is 0. The van der Waals surface area contributed by atoms with Crippen LogP contribution in [-0.2, 0) is 16.8 Å². The molecular weight excluding hydrogens is 238 g/mol. The molecule has 17 heavy (non-hydrogen) atoms. The quantitative estimate of drug-likeness (QED) is 0.699. The minimum Gasteiger partial charge on any atom is -0.326 e. The van der Waals surface area contributed by atoms with Crippen LogP contribution in [0.3, 0.4) is 0 Å². The maximum Gasteiger partial charge on any atom is 0.277 e. The highest BCUT2D eigenvalue weighted by atomic mass is 32.2. The van der Waals surface area contributed by atoms with Crippen LogP contribution in [0.4, 0.5) is 0 Å². The van der Waals surface area contributed by atoms with E-state index in [-0.39, 0.29) is 6.04 Å². The number of hydrogen-bond donors (Lipinski definition) is 3. The molecule has 1 aromatic carbocycles. The molecule has 0 fully saturated rings. The highest BCUT2D eigenvalue weighted by Crippen LogP contribution is 2.13. The molecule has 0 bridgehead atoms. The normalized spacial score (nSPS) is 13.6. The standard InChI is InChI=1S/C11H19N3O2S/c1-3-13-17(15,16)14-9(2)11-6-4-10(8-12)5-7-11/h4-7,9,13-14H,3,8,12H2,1-2H3. The molecule has 1 atom stereocenters. The highest BCUT2D eigenvalue weighted by molar-refractivity contribution is 7.87. The van der Waals surface area contributed by atoms with Gasteiger partial charge in [0.25, 0.3) is 10.2 Å². The van der Waals surface area contributed by atoms with Crippen LogP contribution in [0.5, 0.6) is 0 Å². The summed E-state index contributed by atoms with van der Waals surface area (Å²) < 4.78 is 27.9. The molecule has 0 aliphatic rings. The number of nitrogens with two attached hydrogens (primary N) is 1. The number of hydrogen-bond acceptors (Lipinski definition) is 3. The largest absolute Gasteiger partial charge is 0.326 e. The van der Waals surface area contributed by atoms with Crippen LogP contribution < -0.4 is 15.2 Å². The summed E-state index contributed by atoms with van der Waals surface area (Å²) in [6, 6.07) is 7.27. The molecule has 0 heterocycles. The molecule has 1 aromatic rings. The third kappa shape index (κ3) is 4.43. The topological polar surface area (TPSA) is 84.2 Å². The fourth-order valence-electron chi connectivity index (χ4n) is 1.47. The first-order chi connectivity index (χ1) is 7.98. The number of rotatable bonds is 6. The van der Waals surface area contributed by atoms with E-state index in [1.54, 1.807) is 13.8 Å². The number of benzene rings is 1. The Morgan fingerprint density at radius 3 is 2.35 bits per heavy atom. The van der Waals surface area contributed by atoms with E-state index in [1.165, 1.54) is 0 Å². The van der Waals surface area contributed by atoms with E-state index >= 15 is 0 Å². The van der Waals surface area contributed by atoms with Crippen LogP contribution in [-0.4, -0.2) is 15.0 Å². The SMILES string of the molecule is CCNS(=O)(=O)NC(C)c1ccc(CN)cc1. The molecule has 0 amide bonds. The van der Waals surface area contributed by atoms with E-state index in [1.807, 2.05) is 24.3 Å². The second-order valence-corrected chi connectivity index (χ2v) is 5.32. The van der Waals surface area contributed by atoms with Crippen molar-refractivity contribution in [3.05, 3.63) is 35.4 Å². The predicted octanol–water partition coefficient (Wildman–Crippen LogP) is 0.650. The van der Waals surface area contributed by atoms with Crippen LogP contribution in [0.15, 0.2) is 24.3 Å². The van der Waals surface area contributed by atoms with Crippen LogP contribution >= 0.6 is 0 Å². The average Bonchev–Trinajstić information content (AvgIpc) is 2.28. The Kier molecular flexibility index (Phi) is 5.07. The summed E-state index contributed by atoms with van der Waals surface area (Å²) in [5.41, 5.74) is 7.43. The monoisotopic (exact) mass is 257 g/mol.